The zero-order chi connectivity index (χ0) is 28.8. The highest BCUT2D eigenvalue weighted by molar-refractivity contribution is 7.89. The Morgan fingerprint density at radius 3 is 2.62 bits per heavy atom. The summed E-state index contributed by atoms with van der Waals surface area (Å²) < 4.78 is 35.4. The molecule has 2 heterocycles. The van der Waals surface area contributed by atoms with Crippen LogP contribution in [0.2, 0.25) is 0 Å². The van der Waals surface area contributed by atoms with Crippen molar-refractivity contribution in [3.63, 3.8) is 0 Å². The van der Waals surface area contributed by atoms with Gasteiger partial charge in [-0.1, -0.05) is 18.2 Å². The quantitative estimate of drug-likeness (QED) is 0.199. The molecule has 0 unspecified atom stereocenters. The molecule has 3 aromatic rings. The summed E-state index contributed by atoms with van der Waals surface area (Å²) in [6, 6.07) is 11.5. The Labute approximate surface area is 233 Å². The fraction of sp³-hybridized carbons (Fsp3) is 0.407. The zero-order valence-electron chi connectivity index (χ0n) is 22.8. The van der Waals surface area contributed by atoms with Gasteiger partial charge in [0.15, 0.2) is 5.96 Å². The summed E-state index contributed by atoms with van der Waals surface area (Å²) in [5.41, 5.74) is 0.392. The van der Waals surface area contributed by atoms with Crippen LogP contribution in [-0.4, -0.2) is 73.9 Å². The van der Waals surface area contributed by atoms with Crippen LogP contribution in [0.25, 0.3) is 10.9 Å². The molecule has 1 amide bonds. The fourth-order valence-corrected chi connectivity index (χ4v) is 5.26. The molecule has 4 N–H and O–H groups in total. The number of esters is 1. The van der Waals surface area contributed by atoms with Gasteiger partial charge in [-0.3, -0.25) is 19.3 Å². The van der Waals surface area contributed by atoms with Crippen LogP contribution in [0.3, 0.4) is 0 Å². The maximum absolute atomic E-state index is 13.0. The normalized spacial score (nSPS) is 14.3. The zero-order valence-corrected chi connectivity index (χ0v) is 23.6. The van der Waals surface area contributed by atoms with Crippen molar-refractivity contribution in [1.82, 2.24) is 30.5 Å². The number of carbonyl (C=O) groups excluding carboxylic acids is 2. The van der Waals surface area contributed by atoms with Gasteiger partial charge in [-0.2, -0.15) is 9.82 Å². The molecule has 1 aliphatic rings. The van der Waals surface area contributed by atoms with Crippen LogP contribution < -0.4 is 20.7 Å². The number of aromatic nitrogens is 2. The van der Waals surface area contributed by atoms with Crippen molar-refractivity contribution < 1.29 is 22.7 Å². The number of aryl methyl sites for hydroxylation is 1. The van der Waals surface area contributed by atoms with E-state index in [1.54, 1.807) is 57.3 Å². The Bertz CT molecular complexity index is 1480. The Morgan fingerprint density at radius 2 is 1.93 bits per heavy atom. The smallest absolute Gasteiger partial charge is 0.326 e. The molecule has 1 atom stereocenters. The first-order valence-electron chi connectivity index (χ1n) is 13.1. The van der Waals surface area contributed by atoms with Gasteiger partial charge < -0.3 is 20.7 Å². The minimum Gasteiger partial charge on any atom is -0.459 e. The molecular weight excluding hydrogens is 534 g/mol. The van der Waals surface area contributed by atoms with Crippen molar-refractivity contribution in [2.24, 2.45) is 4.99 Å². The highest BCUT2D eigenvalue weighted by Crippen LogP contribution is 2.17. The van der Waals surface area contributed by atoms with E-state index >= 15 is 0 Å². The van der Waals surface area contributed by atoms with Gasteiger partial charge in [0.25, 0.3) is 5.91 Å². The van der Waals surface area contributed by atoms with Gasteiger partial charge in [0.2, 0.25) is 10.0 Å². The number of hydrogen-bond acceptors (Lipinski definition) is 9. The highest BCUT2D eigenvalue weighted by atomic mass is 32.2. The molecule has 1 aromatic heterocycles. The number of guanidine groups is 1. The number of ether oxygens (including phenoxy) is 1. The topological polar surface area (TPSA) is 156 Å². The third-order valence-corrected chi connectivity index (χ3v) is 7.41. The molecule has 0 saturated carbocycles. The number of fused-ring (bicyclic) bond motifs is 1. The molecule has 0 saturated heterocycles. The van der Waals surface area contributed by atoms with Gasteiger partial charge in [0.05, 0.1) is 23.2 Å². The van der Waals surface area contributed by atoms with Crippen molar-refractivity contribution in [3.05, 3.63) is 60.3 Å². The number of carbonyl (C=O) groups is 2. The summed E-state index contributed by atoms with van der Waals surface area (Å²) in [5, 5.41) is 14.3. The molecule has 2 aromatic carbocycles. The predicted octanol–water partition coefficient (Wildman–Crippen LogP) is 1.39. The molecule has 0 spiro atoms. The molecule has 0 fully saturated rings. The van der Waals surface area contributed by atoms with Gasteiger partial charge in [0.1, 0.15) is 11.6 Å². The van der Waals surface area contributed by atoms with Crippen molar-refractivity contribution in [2.45, 2.75) is 50.3 Å². The Balaban J connectivity index is 1.39. The van der Waals surface area contributed by atoms with Crippen LogP contribution in [0.15, 0.2) is 64.6 Å². The van der Waals surface area contributed by atoms with Crippen LogP contribution in [0.4, 0.5) is 0 Å². The number of aliphatic imine (C=N–C) groups is 1. The second kappa shape index (κ2) is 12.5. The standard InChI is InChI=1S/C27H35N7O5S/c1-27(2,3)39-25(36)22(33-40(37,38)21-8-5-4-6-9-21)18-31-24(35)19-10-11-23-20(16-19)17-32-34(23)15-7-12-28-26-29-13-14-30-26/h4-6,8-11,16-17,22,33H,7,12-15,18H2,1-3H3,(H,31,35)(H2,28,29,30)/t22-/m0/s1. The number of sulfonamides is 1. The molecular formula is C27H35N7O5S. The average molecular weight is 570 g/mol. The summed E-state index contributed by atoms with van der Waals surface area (Å²) in [5.74, 6) is -0.437. The first-order chi connectivity index (χ1) is 19.0. The van der Waals surface area contributed by atoms with Gasteiger partial charge >= 0.3 is 5.97 Å². The van der Waals surface area contributed by atoms with Crippen molar-refractivity contribution in [2.75, 3.05) is 26.2 Å². The summed E-state index contributed by atoms with van der Waals surface area (Å²) >= 11 is 0. The van der Waals surface area contributed by atoms with Crippen molar-refractivity contribution >= 4 is 38.8 Å². The Kier molecular flexibility index (Phi) is 9.05. The van der Waals surface area contributed by atoms with E-state index in [1.807, 2.05) is 10.7 Å². The Hall–Kier alpha value is -3.97. The highest BCUT2D eigenvalue weighted by Gasteiger charge is 2.30. The molecule has 4 rings (SSSR count). The number of hydrogen-bond donors (Lipinski definition) is 4. The second-order valence-electron chi connectivity index (χ2n) is 10.3. The largest absolute Gasteiger partial charge is 0.459 e. The van der Waals surface area contributed by atoms with Gasteiger partial charge in [0, 0.05) is 37.1 Å². The lowest BCUT2D eigenvalue weighted by molar-refractivity contribution is -0.156. The summed E-state index contributed by atoms with van der Waals surface area (Å²) in [6.45, 7) is 7.82. The van der Waals surface area contributed by atoms with E-state index in [0.29, 0.717) is 12.1 Å². The third kappa shape index (κ3) is 7.79. The number of nitrogens with one attached hydrogen (secondary N) is 4. The summed E-state index contributed by atoms with van der Waals surface area (Å²) in [7, 11) is -4.04. The number of nitrogens with zero attached hydrogens (tertiary/aromatic N) is 3. The molecule has 13 heteroatoms. The van der Waals surface area contributed by atoms with Gasteiger partial charge in [-0.15, -0.1) is 0 Å². The first kappa shape index (κ1) is 29.0. The number of amides is 1. The molecule has 12 nitrogen and oxygen atoms in total. The number of benzene rings is 2. The third-order valence-electron chi connectivity index (χ3n) is 5.93. The lowest BCUT2D eigenvalue weighted by atomic mass is 10.1. The minimum absolute atomic E-state index is 0.00270. The molecule has 0 aliphatic carbocycles. The van der Waals surface area contributed by atoms with E-state index in [0.717, 1.165) is 42.9 Å². The summed E-state index contributed by atoms with van der Waals surface area (Å²) in [6.07, 6.45) is 2.53. The maximum atomic E-state index is 13.0. The van der Waals surface area contributed by atoms with Crippen molar-refractivity contribution in [1.29, 1.82) is 0 Å². The molecule has 0 bridgehead atoms. The van der Waals surface area contributed by atoms with Crippen LogP contribution in [0, 0.1) is 0 Å². The van der Waals surface area contributed by atoms with E-state index in [4.69, 9.17) is 4.74 Å². The molecule has 214 valence electrons. The van der Waals surface area contributed by atoms with Gasteiger partial charge in [-0.05, 0) is 57.5 Å². The van der Waals surface area contributed by atoms with E-state index in [9.17, 15) is 18.0 Å². The minimum atomic E-state index is -4.04. The van der Waals surface area contributed by atoms with E-state index in [2.05, 4.69) is 30.8 Å². The molecule has 1 aliphatic heterocycles. The maximum Gasteiger partial charge on any atom is 0.326 e. The lowest BCUT2D eigenvalue weighted by Crippen LogP contribution is -2.50. The predicted molar refractivity (Wildman–Crippen MR) is 151 cm³/mol. The van der Waals surface area contributed by atoms with Crippen LogP contribution in [0.1, 0.15) is 37.6 Å². The molecule has 40 heavy (non-hydrogen) atoms. The first-order valence-corrected chi connectivity index (χ1v) is 14.6. The van der Waals surface area contributed by atoms with Crippen LogP contribution in [-0.2, 0) is 26.1 Å². The Morgan fingerprint density at radius 1 is 1.15 bits per heavy atom. The van der Waals surface area contributed by atoms with Crippen LogP contribution in [0.5, 0.6) is 0 Å². The number of rotatable bonds is 11. The fourth-order valence-electron chi connectivity index (χ4n) is 4.06. The average Bonchev–Trinajstić information content (AvgIpc) is 3.58. The second-order valence-corrected chi connectivity index (χ2v) is 12.0. The van der Waals surface area contributed by atoms with Crippen molar-refractivity contribution in [3.8, 4) is 0 Å². The summed E-state index contributed by atoms with van der Waals surface area (Å²) in [4.78, 5) is 30.1. The SMILES string of the molecule is CC(C)(C)OC(=O)[C@H](CNC(=O)c1ccc2c(cnn2CCCNC2=NCCN2)c1)NS(=O)(=O)c1ccccc1. The van der Waals surface area contributed by atoms with E-state index in [-0.39, 0.29) is 11.4 Å². The van der Waals surface area contributed by atoms with Crippen LogP contribution >= 0.6 is 0 Å². The monoisotopic (exact) mass is 569 g/mol. The van der Waals surface area contributed by atoms with E-state index < -0.39 is 33.5 Å². The van der Waals surface area contributed by atoms with Gasteiger partial charge in [-0.25, -0.2) is 8.42 Å². The van der Waals surface area contributed by atoms with E-state index in [1.165, 1.54) is 12.1 Å². The molecule has 0 radical (unpaired) electrons. The lowest BCUT2D eigenvalue weighted by Gasteiger charge is -2.24.